The Labute approximate surface area is 152 Å². The predicted molar refractivity (Wildman–Crippen MR) is 102 cm³/mol. The van der Waals surface area contributed by atoms with E-state index >= 15 is 0 Å². The molecule has 1 aromatic carbocycles. The van der Waals surface area contributed by atoms with Crippen molar-refractivity contribution >= 4 is 104 Å². The number of thioether (sulfide) groups is 4. The Balaban J connectivity index is 2.08. The molecule has 0 bridgehead atoms. The van der Waals surface area contributed by atoms with Crippen LogP contribution < -0.4 is 10.4 Å². The van der Waals surface area contributed by atoms with E-state index in [1.54, 1.807) is 47.0 Å². The van der Waals surface area contributed by atoms with E-state index in [4.69, 9.17) is 7.96 Å². The molecule has 0 aliphatic carbocycles. The number of fused-ring (bicyclic) bond motifs is 2. The quantitative estimate of drug-likeness (QED) is 0.492. The van der Waals surface area contributed by atoms with Crippen molar-refractivity contribution in [3.8, 4) is 0 Å². The number of hydrogen-bond donors (Lipinski definition) is 0. The molecule has 0 saturated heterocycles. The summed E-state index contributed by atoms with van der Waals surface area (Å²) in [5.41, 5.74) is 3.95. The van der Waals surface area contributed by atoms with Gasteiger partial charge >= 0.3 is 153 Å². The predicted octanol–water partition coefficient (Wildman–Crippen LogP) is 2.73. The van der Waals surface area contributed by atoms with Gasteiger partial charge in [0, 0.05) is 0 Å². The van der Waals surface area contributed by atoms with E-state index in [1.165, 1.54) is 20.2 Å². The minimum atomic E-state index is -0.0715. The molecule has 2 aromatic heterocycles. The first-order valence-corrected chi connectivity index (χ1v) is 11.8. The monoisotopic (exact) mass is 444 g/mol. The number of aromatic nitrogens is 4. The average Bonchev–Trinajstić information content (AvgIpc) is 3.29. The summed E-state index contributed by atoms with van der Waals surface area (Å²) >= 11 is 8.11. The summed E-state index contributed by atoms with van der Waals surface area (Å²) < 4.78 is 21.0. The third-order valence-corrected chi connectivity index (χ3v) is 9.04. The Morgan fingerprint density at radius 1 is 0.636 bits per heavy atom. The van der Waals surface area contributed by atoms with E-state index in [1.807, 2.05) is 0 Å². The van der Waals surface area contributed by atoms with Crippen LogP contribution in [-0.2, 0) is 0 Å². The van der Waals surface area contributed by atoms with Gasteiger partial charge in [-0.1, -0.05) is 0 Å². The fourth-order valence-corrected chi connectivity index (χ4v) is 7.77. The first-order chi connectivity index (χ1) is 10.9. The van der Waals surface area contributed by atoms with Crippen molar-refractivity contribution in [3.05, 3.63) is 32.1 Å². The van der Waals surface area contributed by atoms with Crippen LogP contribution >= 0.6 is 58.8 Å². The van der Waals surface area contributed by atoms with Crippen molar-refractivity contribution in [2.75, 3.05) is 0 Å². The zero-order valence-electron chi connectivity index (χ0n) is 10.5. The second-order valence-electron chi connectivity index (χ2n) is 4.26. The van der Waals surface area contributed by atoms with Gasteiger partial charge in [0.25, 0.3) is 0 Å². The Hall–Kier alpha value is -0.221. The van der Waals surface area contributed by atoms with Gasteiger partial charge in [-0.3, -0.25) is 0 Å². The van der Waals surface area contributed by atoms with Crippen molar-refractivity contribution in [3.63, 3.8) is 0 Å². The van der Waals surface area contributed by atoms with Crippen molar-refractivity contribution < 1.29 is 0 Å². The zero-order chi connectivity index (χ0) is 14.5. The SMILES string of the molecule is C1=CSC(=c2c3nsnc3c(=C3SC=CS3)c3n[se]nc23)S1. The molecule has 10 heteroatoms. The van der Waals surface area contributed by atoms with Gasteiger partial charge in [0.1, 0.15) is 0 Å². The van der Waals surface area contributed by atoms with E-state index in [0.717, 1.165) is 32.5 Å². The van der Waals surface area contributed by atoms with Gasteiger partial charge in [0.05, 0.1) is 0 Å². The number of rotatable bonds is 0. The zero-order valence-corrected chi connectivity index (χ0v) is 16.3. The molecule has 0 amide bonds. The molecule has 0 unspecified atom stereocenters. The van der Waals surface area contributed by atoms with Crippen molar-refractivity contribution in [2.45, 2.75) is 0 Å². The molecule has 108 valence electrons. The second kappa shape index (κ2) is 5.70. The summed E-state index contributed by atoms with van der Waals surface area (Å²) in [4.78, 5) is 0. The van der Waals surface area contributed by atoms with Crippen LogP contribution in [0.4, 0.5) is 0 Å². The normalized spacial score (nSPS) is 17.6. The van der Waals surface area contributed by atoms with Crippen LogP contribution in [0.25, 0.3) is 30.5 Å². The van der Waals surface area contributed by atoms with Crippen LogP contribution in [0, 0.1) is 0 Å². The molecule has 4 heterocycles. The van der Waals surface area contributed by atoms with Gasteiger partial charge < -0.3 is 0 Å². The van der Waals surface area contributed by atoms with E-state index < -0.39 is 0 Å². The maximum absolute atomic E-state index is 4.71. The second-order valence-corrected chi connectivity index (χ2v) is 10.1. The van der Waals surface area contributed by atoms with Crippen LogP contribution in [0.1, 0.15) is 0 Å². The molecule has 0 radical (unpaired) electrons. The van der Waals surface area contributed by atoms with Crippen molar-refractivity contribution in [1.29, 1.82) is 0 Å². The molecular weight excluding hydrogens is 439 g/mol. The third-order valence-electron chi connectivity index (χ3n) is 3.14. The fraction of sp³-hybridized carbons (Fsp3) is 0. The molecule has 2 aliphatic rings. The molecule has 22 heavy (non-hydrogen) atoms. The molecule has 0 saturated carbocycles. The maximum atomic E-state index is 4.71. The van der Waals surface area contributed by atoms with E-state index in [9.17, 15) is 0 Å². The fourth-order valence-electron chi connectivity index (χ4n) is 2.29. The van der Waals surface area contributed by atoms with E-state index in [0.29, 0.717) is 0 Å². The molecule has 3 aromatic rings. The molecule has 0 spiro atoms. The number of benzene rings is 1. The molecule has 0 fully saturated rings. The molecular formula is C12H4N4S5Se. The van der Waals surface area contributed by atoms with E-state index in [-0.39, 0.29) is 15.0 Å². The van der Waals surface area contributed by atoms with Crippen LogP contribution in [0.5, 0.6) is 0 Å². The van der Waals surface area contributed by atoms with E-state index in [2.05, 4.69) is 30.4 Å². The standard InChI is InChI=1S/C12H4N4S5Se/c1-2-18-11(17-1)5-7-8(14-21-13-7)6(12-19-3-4-20-12)10-9(5)15-22-16-10/h1-4H. The Morgan fingerprint density at radius 2 is 1.09 bits per heavy atom. The topological polar surface area (TPSA) is 51.6 Å². The minimum absolute atomic E-state index is 0.0715. The third kappa shape index (κ3) is 2.09. The summed E-state index contributed by atoms with van der Waals surface area (Å²) in [6, 6.07) is 0. The summed E-state index contributed by atoms with van der Waals surface area (Å²) in [7, 11) is 0. The van der Waals surface area contributed by atoms with Gasteiger partial charge in [-0.25, -0.2) is 0 Å². The van der Waals surface area contributed by atoms with Crippen LogP contribution in [0.2, 0.25) is 0 Å². The molecule has 2 aliphatic heterocycles. The van der Waals surface area contributed by atoms with Gasteiger partial charge in [-0.05, 0) is 0 Å². The summed E-state index contributed by atoms with van der Waals surface area (Å²) in [6.45, 7) is 0. The molecule has 5 rings (SSSR count). The Bertz CT molecular complexity index is 935. The van der Waals surface area contributed by atoms with Gasteiger partial charge in [0.15, 0.2) is 0 Å². The number of hydrogen-bond acceptors (Lipinski definition) is 9. The Morgan fingerprint density at radius 3 is 1.55 bits per heavy atom. The van der Waals surface area contributed by atoms with Gasteiger partial charge in [-0.15, -0.1) is 0 Å². The Kier molecular flexibility index (Phi) is 3.66. The molecule has 0 atom stereocenters. The molecule has 0 N–H and O–H groups in total. The van der Waals surface area contributed by atoms with Gasteiger partial charge in [0.2, 0.25) is 0 Å². The average molecular weight is 443 g/mol. The van der Waals surface area contributed by atoms with Crippen molar-refractivity contribution in [2.24, 2.45) is 0 Å². The van der Waals surface area contributed by atoms with Crippen molar-refractivity contribution in [1.82, 2.24) is 16.7 Å². The van der Waals surface area contributed by atoms with Gasteiger partial charge in [-0.2, -0.15) is 0 Å². The first kappa shape index (κ1) is 14.2. The summed E-state index contributed by atoms with van der Waals surface area (Å²) in [5, 5.41) is 10.6. The van der Waals surface area contributed by atoms with Crippen LogP contribution in [0.15, 0.2) is 21.6 Å². The first-order valence-electron chi connectivity index (χ1n) is 6.05. The summed E-state index contributed by atoms with van der Waals surface area (Å²) in [5.74, 6) is 0. The molecule has 4 nitrogen and oxygen atoms in total. The number of nitrogens with zero attached hydrogens (tertiary/aromatic N) is 4. The van der Waals surface area contributed by atoms with Crippen LogP contribution in [-0.4, -0.2) is 31.7 Å². The summed E-state index contributed by atoms with van der Waals surface area (Å²) in [6.07, 6.45) is 0. The van der Waals surface area contributed by atoms with Crippen LogP contribution in [0.3, 0.4) is 0 Å².